The number of benzene rings is 3. The second-order valence-corrected chi connectivity index (χ2v) is 9.56. The van der Waals surface area contributed by atoms with E-state index >= 15 is 0 Å². The van der Waals surface area contributed by atoms with Gasteiger partial charge >= 0.3 is 0 Å². The molecule has 1 heterocycles. The van der Waals surface area contributed by atoms with Crippen LogP contribution in [0.3, 0.4) is 0 Å². The number of ether oxygens (including phenoxy) is 2. The summed E-state index contributed by atoms with van der Waals surface area (Å²) < 4.78 is 14.4. The first kappa shape index (κ1) is 24.5. The number of methoxy groups -OCH3 is 1. The van der Waals surface area contributed by atoms with E-state index in [4.69, 9.17) is 21.1 Å². The minimum atomic E-state index is 0.412. The minimum absolute atomic E-state index is 0.412. The number of nitrogens with one attached hydrogen (secondary N) is 1. The monoisotopic (exact) mass is 559 g/mol. The lowest BCUT2D eigenvalue weighted by Gasteiger charge is -2.17. The van der Waals surface area contributed by atoms with E-state index in [2.05, 4.69) is 36.8 Å². The van der Waals surface area contributed by atoms with Gasteiger partial charge in [-0.2, -0.15) is 4.68 Å². The molecule has 0 atom stereocenters. The zero-order chi connectivity index (χ0) is 23.8. The molecule has 0 amide bonds. The Morgan fingerprint density at radius 3 is 2.62 bits per heavy atom. The first-order chi connectivity index (χ1) is 16.7. The summed E-state index contributed by atoms with van der Waals surface area (Å²) in [6, 6.07) is 21.3. The maximum Gasteiger partial charge on any atom is 0.214 e. The van der Waals surface area contributed by atoms with E-state index in [0.29, 0.717) is 29.7 Å². The molecule has 1 N–H and O–H groups in total. The molecule has 0 spiro atoms. The molecular weight excluding hydrogens is 538 g/mol. The minimum Gasteiger partial charge on any atom is -0.493 e. The van der Waals surface area contributed by atoms with Crippen LogP contribution in [-0.4, -0.2) is 39.6 Å². The van der Waals surface area contributed by atoms with Crippen molar-refractivity contribution in [1.82, 2.24) is 25.5 Å². The average Bonchev–Trinajstić information content (AvgIpc) is 3.34. The first-order valence-electron chi connectivity index (χ1n) is 10.6. The zero-order valence-corrected chi connectivity index (χ0v) is 21.6. The number of para-hydroxylation sites is 1. The summed E-state index contributed by atoms with van der Waals surface area (Å²) in [6.07, 6.45) is 0. The van der Waals surface area contributed by atoms with Crippen LogP contribution in [-0.2, 0) is 13.2 Å². The molecule has 4 rings (SSSR count). The van der Waals surface area contributed by atoms with Gasteiger partial charge in [0.25, 0.3) is 0 Å². The van der Waals surface area contributed by atoms with Crippen LogP contribution in [0.5, 0.6) is 11.5 Å². The van der Waals surface area contributed by atoms with Crippen molar-refractivity contribution in [3.63, 3.8) is 0 Å². The Bertz CT molecular complexity index is 1210. The Morgan fingerprint density at radius 2 is 1.85 bits per heavy atom. The Balaban J connectivity index is 1.35. The number of hydrogen-bond acceptors (Lipinski definition) is 7. The van der Waals surface area contributed by atoms with Crippen LogP contribution >= 0.6 is 39.3 Å². The highest BCUT2D eigenvalue weighted by Gasteiger charge is 2.15. The van der Waals surface area contributed by atoms with Crippen LogP contribution < -0.4 is 14.8 Å². The van der Waals surface area contributed by atoms with Crippen LogP contribution in [0.15, 0.2) is 76.4 Å². The summed E-state index contributed by atoms with van der Waals surface area (Å²) in [5.74, 6) is 2.20. The summed E-state index contributed by atoms with van der Waals surface area (Å²) in [4.78, 5) is 0. The van der Waals surface area contributed by atoms with Gasteiger partial charge in [-0.25, -0.2) is 0 Å². The second kappa shape index (κ2) is 12.2. The number of aromatic nitrogens is 4. The highest BCUT2D eigenvalue weighted by atomic mass is 79.9. The van der Waals surface area contributed by atoms with Crippen molar-refractivity contribution in [2.75, 3.05) is 19.4 Å². The lowest BCUT2D eigenvalue weighted by molar-refractivity contribution is 0.280. The highest BCUT2D eigenvalue weighted by Crippen LogP contribution is 2.37. The van der Waals surface area contributed by atoms with Gasteiger partial charge in [0.05, 0.1) is 12.8 Å². The van der Waals surface area contributed by atoms with Gasteiger partial charge in [-0.3, -0.25) is 0 Å². The standard InChI is InChI=1S/C24H23BrClN5O2S/c1-32-22-12-11-21(25)20(23(22)33-16-17-7-9-18(26)10-8-17)15-27-13-14-34-24-28-29-30-31(24)19-5-3-2-4-6-19/h2-12,27H,13-16H2,1H3. The Labute approximate surface area is 215 Å². The van der Waals surface area contributed by atoms with Crippen LogP contribution in [0, 0.1) is 0 Å². The molecule has 0 aliphatic rings. The third kappa shape index (κ3) is 6.29. The fourth-order valence-electron chi connectivity index (χ4n) is 3.23. The molecule has 0 aliphatic carbocycles. The van der Waals surface area contributed by atoms with Crippen molar-refractivity contribution in [3.05, 3.63) is 87.4 Å². The number of hydrogen-bond donors (Lipinski definition) is 1. The normalized spacial score (nSPS) is 10.9. The summed E-state index contributed by atoms with van der Waals surface area (Å²) in [5, 5.41) is 17.0. The number of nitrogens with zero attached hydrogens (tertiary/aromatic N) is 4. The molecule has 0 saturated heterocycles. The smallest absolute Gasteiger partial charge is 0.214 e. The molecule has 0 saturated carbocycles. The summed E-state index contributed by atoms with van der Waals surface area (Å²) in [5.41, 5.74) is 2.95. The van der Waals surface area contributed by atoms with Crippen molar-refractivity contribution in [2.45, 2.75) is 18.3 Å². The molecular formula is C24H23BrClN5O2S. The number of halogens is 2. The van der Waals surface area contributed by atoms with Gasteiger partial charge in [-0.1, -0.05) is 69.6 Å². The molecule has 0 fully saturated rings. The van der Waals surface area contributed by atoms with E-state index in [-0.39, 0.29) is 0 Å². The van der Waals surface area contributed by atoms with Gasteiger partial charge < -0.3 is 14.8 Å². The van der Waals surface area contributed by atoms with E-state index in [1.165, 1.54) is 0 Å². The third-order valence-corrected chi connectivity index (χ3v) is 6.85. The van der Waals surface area contributed by atoms with Gasteiger partial charge in [0, 0.05) is 33.9 Å². The number of rotatable bonds is 11. The Hall–Kier alpha value is -2.59. The zero-order valence-electron chi connectivity index (χ0n) is 18.4. The fraction of sp³-hybridized carbons (Fsp3) is 0.208. The van der Waals surface area contributed by atoms with Crippen molar-refractivity contribution in [2.24, 2.45) is 0 Å². The Morgan fingerprint density at radius 1 is 1.06 bits per heavy atom. The molecule has 10 heteroatoms. The molecule has 4 aromatic rings. The molecule has 1 aromatic heterocycles. The molecule has 34 heavy (non-hydrogen) atoms. The lowest BCUT2D eigenvalue weighted by atomic mass is 10.1. The maximum atomic E-state index is 6.17. The first-order valence-corrected chi connectivity index (χ1v) is 12.7. The van der Waals surface area contributed by atoms with Crippen LogP contribution in [0.4, 0.5) is 0 Å². The molecule has 0 bridgehead atoms. The van der Waals surface area contributed by atoms with Gasteiger partial charge in [-0.15, -0.1) is 5.10 Å². The molecule has 0 unspecified atom stereocenters. The summed E-state index contributed by atoms with van der Waals surface area (Å²) in [7, 11) is 1.64. The van der Waals surface area contributed by atoms with Crippen LogP contribution in [0.2, 0.25) is 5.02 Å². The predicted octanol–water partition coefficient (Wildman–Crippen LogP) is 5.55. The van der Waals surface area contributed by atoms with Crippen molar-refractivity contribution in [3.8, 4) is 17.2 Å². The highest BCUT2D eigenvalue weighted by molar-refractivity contribution is 9.10. The van der Waals surface area contributed by atoms with Crippen molar-refractivity contribution < 1.29 is 9.47 Å². The fourth-order valence-corrected chi connectivity index (χ4v) is 4.60. The van der Waals surface area contributed by atoms with Crippen molar-refractivity contribution in [1.29, 1.82) is 0 Å². The van der Waals surface area contributed by atoms with Gasteiger partial charge in [0.1, 0.15) is 6.61 Å². The SMILES string of the molecule is COc1ccc(Br)c(CNCCSc2nnnn2-c2ccccc2)c1OCc1ccc(Cl)cc1. The van der Waals surface area contributed by atoms with E-state index in [1.807, 2.05) is 66.7 Å². The predicted molar refractivity (Wildman–Crippen MR) is 138 cm³/mol. The molecule has 7 nitrogen and oxygen atoms in total. The van der Waals surface area contributed by atoms with Crippen LogP contribution in [0.1, 0.15) is 11.1 Å². The van der Waals surface area contributed by atoms with Gasteiger partial charge in [-0.05, 0) is 52.4 Å². The third-order valence-electron chi connectivity index (χ3n) is 4.94. The molecule has 0 radical (unpaired) electrons. The summed E-state index contributed by atoms with van der Waals surface area (Å²) >= 11 is 11.2. The van der Waals surface area contributed by atoms with Crippen LogP contribution in [0.25, 0.3) is 5.69 Å². The number of tetrazole rings is 1. The molecule has 3 aromatic carbocycles. The van der Waals surface area contributed by atoms with E-state index in [0.717, 1.165) is 38.7 Å². The quantitative estimate of drug-likeness (QED) is 0.190. The largest absolute Gasteiger partial charge is 0.493 e. The van der Waals surface area contributed by atoms with Crippen molar-refractivity contribution >= 4 is 39.3 Å². The lowest BCUT2D eigenvalue weighted by Crippen LogP contribution is -2.18. The average molecular weight is 561 g/mol. The molecule has 176 valence electrons. The molecule has 0 aliphatic heterocycles. The number of thioether (sulfide) groups is 1. The maximum absolute atomic E-state index is 6.17. The Kier molecular flexibility index (Phi) is 8.81. The topological polar surface area (TPSA) is 74.1 Å². The van der Waals surface area contributed by atoms with E-state index in [1.54, 1.807) is 23.6 Å². The van der Waals surface area contributed by atoms with E-state index < -0.39 is 0 Å². The summed E-state index contributed by atoms with van der Waals surface area (Å²) in [6.45, 7) is 1.78. The van der Waals surface area contributed by atoms with E-state index in [9.17, 15) is 0 Å². The van der Waals surface area contributed by atoms with Gasteiger partial charge in [0.2, 0.25) is 5.16 Å². The second-order valence-electron chi connectivity index (χ2n) is 7.21. The van der Waals surface area contributed by atoms with Gasteiger partial charge in [0.15, 0.2) is 11.5 Å².